The van der Waals surface area contributed by atoms with Crippen molar-refractivity contribution in [1.82, 2.24) is 9.88 Å². The minimum atomic E-state index is -1.73. The van der Waals surface area contributed by atoms with Crippen LogP contribution in [0.2, 0.25) is 0 Å². The van der Waals surface area contributed by atoms with Gasteiger partial charge in [-0.2, -0.15) is 0 Å². The molecule has 0 fully saturated rings. The van der Waals surface area contributed by atoms with Gasteiger partial charge in [0.25, 0.3) is 0 Å². The third-order valence-corrected chi connectivity index (χ3v) is 5.58. The van der Waals surface area contributed by atoms with E-state index in [-0.39, 0.29) is 13.0 Å². The third-order valence-electron chi connectivity index (χ3n) is 5.58. The van der Waals surface area contributed by atoms with Crippen molar-refractivity contribution in [2.75, 3.05) is 6.61 Å². The second-order valence-electron chi connectivity index (χ2n) is 6.95. The van der Waals surface area contributed by atoms with Gasteiger partial charge in [-0.25, -0.2) is 9.78 Å². The first-order chi connectivity index (χ1) is 12.5. The van der Waals surface area contributed by atoms with Gasteiger partial charge >= 0.3 is 5.97 Å². The number of aliphatic hydroxyl groups is 2. The van der Waals surface area contributed by atoms with Crippen LogP contribution in [-0.4, -0.2) is 44.5 Å². The zero-order valence-corrected chi connectivity index (χ0v) is 14.3. The molecule has 0 radical (unpaired) electrons. The molecule has 2 aromatic rings. The molecule has 1 aromatic carbocycles. The fraction of sp³-hybridized carbons (Fsp3) is 0.300. The summed E-state index contributed by atoms with van der Waals surface area (Å²) in [6, 6.07) is 9.94. The summed E-state index contributed by atoms with van der Waals surface area (Å²) < 4.78 is 5.13. The van der Waals surface area contributed by atoms with Crippen LogP contribution in [-0.2, 0) is 16.1 Å². The predicted octanol–water partition coefficient (Wildman–Crippen LogP) is 1.72. The van der Waals surface area contributed by atoms with Gasteiger partial charge in [-0.1, -0.05) is 25.1 Å². The Morgan fingerprint density at radius 1 is 1.38 bits per heavy atom. The molecule has 0 bridgehead atoms. The molecule has 1 aromatic heterocycles. The fourth-order valence-corrected chi connectivity index (χ4v) is 4.08. The number of carbonyl (C=O) groups excluding carboxylic acids is 1. The zero-order chi connectivity index (χ0) is 18.1. The topological polar surface area (TPSA) is 82.9 Å². The molecule has 0 saturated carbocycles. The van der Waals surface area contributed by atoms with E-state index in [1.165, 1.54) is 0 Å². The van der Waals surface area contributed by atoms with Crippen LogP contribution in [0.25, 0.3) is 16.6 Å². The highest BCUT2D eigenvalue weighted by Crippen LogP contribution is 2.44. The third kappa shape index (κ3) is 1.88. The molecule has 26 heavy (non-hydrogen) atoms. The van der Waals surface area contributed by atoms with E-state index in [0.717, 1.165) is 27.9 Å². The van der Waals surface area contributed by atoms with Crippen molar-refractivity contribution in [3.8, 4) is 0 Å². The van der Waals surface area contributed by atoms with Gasteiger partial charge in [-0.05, 0) is 30.2 Å². The van der Waals surface area contributed by atoms with Gasteiger partial charge in [0.1, 0.15) is 6.61 Å². The molecular formula is C20H18N2O4. The Morgan fingerprint density at radius 2 is 2.19 bits per heavy atom. The summed E-state index contributed by atoms with van der Waals surface area (Å²) >= 11 is 0. The highest BCUT2D eigenvalue weighted by Gasteiger charge is 2.49. The van der Waals surface area contributed by atoms with E-state index in [1.807, 2.05) is 29.2 Å². The molecule has 5 rings (SSSR count). The number of hydrogen-bond donors (Lipinski definition) is 2. The lowest BCUT2D eigenvalue weighted by Crippen LogP contribution is -2.50. The van der Waals surface area contributed by atoms with E-state index >= 15 is 0 Å². The van der Waals surface area contributed by atoms with Crippen molar-refractivity contribution in [3.63, 3.8) is 0 Å². The van der Waals surface area contributed by atoms with Gasteiger partial charge in [-0.15, -0.1) is 0 Å². The normalized spacial score (nSPS) is 27.0. The molecule has 132 valence electrons. The molecule has 3 aliphatic heterocycles. The van der Waals surface area contributed by atoms with Gasteiger partial charge < -0.3 is 19.8 Å². The molecule has 2 N–H and O–H groups in total. The van der Waals surface area contributed by atoms with Crippen LogP contribution in [0.4, 0.5) is 0 Å². The van der Waals surface area contributed by atoms with Crippen LogP contribution in [0.3, 0.4) is 0 Å². The number of para-hydroxylation sites is 1. The lowest BCUT2D eigenvalue weighted by Gasteiger charge is -2.40. The second-order valence-corrected chi connectivity index (χ2v) is 6.95. The molecule has 4 heterocycles. The number of benzene rings is 1. The number of rotatable bonds is 1. The van der Waals surface area contributed by atoms with Crippen molar-refractivity contribution in [2.45, 2.75) is 31.7 Å². The fourth-order valence-electron chi connectivity index (χ4n) is 4.08. The van der Waals surface area contributed by atoms with Crippen molar-refractivity contribution in [3.05, 3.63) is 58.8 Å². The molecule has 6 nitrogen and oxygen atoms in total. The van der Waals surface area contributed by atoms with Crippen molar-refractivity contribution < 1.29 is 19.7 Å². The molecule has 6 heteroatoms. The standard InChI is InChI=1S/C20H18N2O4/c1-2-20(25)14-8-16-17-12(7-11-5-3-4-6-15(11)21-17)9-22(16)18(23)13(14)10-26-19(20)24/h3-8,18,23,25H,2,9-10H2,1H3/t18?,20-/m0/s1. The Bertz CT molecular complexity index is 1030. The monoisotopic (exact) mass is 350 g/mol. The Morgan fingerprint density at radius 3 is 3.00 bits per heavy atom. The molecule has 1 unspecified atom stereocenters. The maximum Gasteiger partial charge on any atom is 0.343 e. The number of aliphatic hydroxyl groups excluding tert-OH is 1. The first-order valence-electron chi connectivity index (χ1n) is 8.71. The van der Waals surface area contributed by atoms with Gasteiger partial charge in [0.15, 0.2) is 11.8 Å². The second kappa shape index (κ2) is 5.16. The molecule has 0 aliphatic carbocycles. The van der Waals surface area contributed by atoms with Crippen LogP contribution >= 0.6 is 0 Å². The summed E-state index contributed by atoms with van der Waals surface area (Å²) in [5, 5.41) is 22.8. The van der Waals surface area contributed by atoms with Crippen LogP contribution in [0.15, 0.2) is 47.6 Å². The number of nitrogens with zero attached hydrogens (tertiary/aromatic N) is 2. The molecule has 0 saturated heterocycles. The summed E-state index contributed by atoms with van der Waals surface area (Å²) in [4.78, 5) is 18.8. The molecule has 0 amide bonds. The molecule has 2 atom stereocenters. The minimum Gasteiger partial charge on any atom is -0.459 e. The van der Waals surface area contributed by atoms with E-state index in [1.54, 1.807) is 13.0 Å². The van der Waals surface area contributed by atoms with E-state index in [4.69, 9.17) is 9.72 Å². The van der Waals surface area contributed by atoms with Gasteiger partial charge in [-0.3, -0.25) is 0 Å². The van der Waals surface area contributed by atoms with E-state index < -0.39 is 17.8 Å². The highest BCUT2D eigenvalue weighted by atomic mass is 16.6. The van der Waals surface area contributed by atoms with Crippen molar-refractivity contribution in [1.29, 1.82) is 0 Å². The number of pyridine rings is 1. The lowest BCUT2D eigenvalue weighted by molar-refractivity contribution is -0.164. The SMILES string of the molecule is CC[C@@]1(O)C(=O)OCC2=C1C=C1c3nc4ccccc4cc3CN1C2O. The average molecular weight is 350 g/mol. The number of cyclic esters (lactones) is 1. The smallest absolute Gasteiger partial charge is 0.343 e. The Kier molecular flexibility index (Phi) is 3.08. The minimum absolute atomic E-state index is 0.0102. The lowest BCUT2D eigenvalue weighted by atomic mass is 9.82. The van der Waals surface area contributed by atoms with Crippen molar-refractivity contribution >= 4 is 22.6 Å². The summed E-state index contributed by atoms with van der Waals surface area (Å²) in [6.07, 6.45) is 1.02. The zero-order valence-electron chi connectivity index (χ0n) is 14.3. The Hall–Kier alpha value is -2.70. The van der Waals surface area contributed by atoms with Crippen LogP contribution in [0, 0.1) is 0 Å². The highest BCUT2D eigenvalue weighted by molar-refractivity contribution is 5.90. The van der Waals surface area contributed by atoms with Gasteiger partial charge in [0.05, 0.1) is 16.9 Å². The first-order valence-corrected chi connectivity index (χ1v) is 8.71. The predicted molar refractivity (Wildman–Crippen MR) is 94.5 cm³/mol. The number of hydrogen-bond acceptors (Lipinski definition) is 6. The van der Waals surface area contributed by atoms with E-state index in [2.05, 4.69) is 6.07 Å². The molecule has 3 aliphatic rings. The maximum absolute atomic E-state index is 12.2. The van der Waals surface area contributed by atoms with E-state index in [9.17, 15) is 15.0 Å². The van der Waals surface area contributed by atoms with Gasteiger partial charge in [0, 0.05) is 23.1 Å². The Balaban J connectivity index is 1.72. The largest absolute Gasteiger partial charge is 0.459 e. The number of carbonyl (C=O) groups is 1. The summed E-state index contributed by atoms with van der Waals surface area (Å²) in [5.41, 5.74) is 2.66. The van der Waals surface area contributed by atoms with Crippen LogP contribution in [0.1, 0.15) is 24.6 Å². The number of aromatic nitrogens is 1. The summed E-state index contributed by atoms with van der Waals surface area (Å²) in [5.74, 6) is -0.666. The Labute approximate surface area is 150 Å². The quantitative estimate of drug-likeness (QED) is 0.762. The van der Waals surface area contributed by atoms with Crippen LogP contribution in [0.5, 0.6) is 0 Å². The van der Waals surface area contributed by atoms with Gasteiger partial charge in [0.2, 0.25) is 0 Å². The number of esters is 1. The summed E-state index contributed by atoms with van der Waals surface area (Å²) in [6.45, 7) is 2.24. The average Bonchev–Trinajstić information content (AvgIpc) is 3.01. The molecule has 0 spiro atoms. The summed E-state index contributed by atoms with van der Waals surface area (Å²) in [7, 11) is 0. The molecular weight excluding hydrogens is 332 g/mol. The van der Waals surface area contributed by atoms with Crippen LogP contribution < -0.4 is 0 Å². The first kappa shape index (κ1) is 15.5. The maximum atomic E-state index is 12.2. The number of fused-ring (bicyclic) bond motifs is 4. The number of ether oxygens (including phenoxy) is 1. The van der Waals surface area contributed by atoms with E-state index in [0.29, 0.717) is 17.7 Å². The van der Waals surface area contributed by atoms with Crippen molar-refractivity contribution in [2.24, 2.45) is 0 Å².